The predicted molar refractivity (Wildman–Crippen MR) is 117 cm³/mol. The molecule has 1 fully saturated rings. The Balaban J connectivity index is 1.53. The van der Waals surface area contributed by atoms with E-state index < -0.39 is 10.0 Å². The first-order valence-electron chi connectivity index (χ1n) is 9.70. The summed E-state index contributed by atoms with van der Waals surface area (Å²) < 4.78 is 27.9. The van der Waals surface area contributed by atoms with Crippen LogP contribution in [-0.4, -0.2) is 20.4 Å². The molecule has 2 aromatic rings. The van der Waals surface area contributed by atoms with E-state index in [2.05, 4.69) is 10.0 Å². The van der Waals surface area contributed by atoms with E-state index in [1.807, 2.05) is 0 Å². The quantitative estimate of drug-likeness (QED) is 0.605. The van der Waals surface area contributed by atoms with Crippen molar-refractivity contribution in [2.45, 2.75) is 55.9 Å². The minimum Gasteiger partial charge on any atom is -0.326 e. The summed E-state index contributed by atoms with van der Waals surface area (Å²) in [4.78, 5) is 12.4. The fraction of sp³-hybridized carbons (Fsp3) is 0.381. The Kier molecular flexibility index (Phi) is 7.57. The van der Waals surface area contributed by atoms with Crippen LogP contribution in [0.4, 0.5) is 5.69 Å². The monoisotopic (exact) mass is 454 g/mol. The number of carbonyl (C=O) groups excluding carboxylic acids is 1. The normalized spacial score (nSPS) is 15.2. The molecule has 29 heavy (non-hydrogen) atoms. The number of rotatable bonds is 7. The van der Waals surface area contributed by atoms with Crippen LogP contribution >= 0.6 is 23.2 Å². The predicted octanol–water partition coefficient (Wildman–Crippen LogP) is 5.18. The molecule has 2 aromatic carbocycles. The number of nitrogens with one attached hydrogen (secondary N) is 2. The fourth-order valence-corrected chi connectivity index (χ4v) is 5.00. The van der Waals surface area contributed by atoms with Crippen molar-refractivity contribution in [3.63, 3.8) is 0 Å². The van der Waals surface area contributed by atoms with Crippen molar-refractivity contribution in [3.05, 3.63) is 58.1 Å². The summed E-state index contributed by atoms with van der Waals surface area (Å²) in [5.41, 5.74) is 1.48. The highest BCUT2D eigenvalue weighted by Crippen LogP contribution is 2.25. The lowest BCUT2D eigenvalue weighted by atomic mass is 9.96. The number of halogens is 2. The summed E-state index contributed by atoms with van der Waals surface area (Å²) in [5.74, 6) is -0.154. The maximum atomic E-state index is 12.5. The van der Waals surface area contributed by atoms with Gasteiger partial charge in [0.1, 0.15) is 0 Å². The van der Waals surface area contributed by atoms with Gasteiger partial charge in [-0.25, -0.2) is 13.1 Å². The minimum atomic E-state index is -3.51. The van der Waals surface area contributed by atoms with Crippen molar-refractivity contribution >= 4 is 44.8 Å². The van der Waals surface area contributed by atoms with Gasteiger partial charge in [0.05, 0.1) is 14.9 Å². The SMILES string of the molecule is O=C(CCc1ccc(S(=O)(=O)NC2CCCCC2)cc1)Nc1ccc(Cl)c(Cl)c1. The largest absolute Gasteiger partial charge is 0.326 e. The van der Waals surface area contributed by atoms with Crippen molar-refractivity contribution in [1.29, 1.82) is 0 Å². The maximum Gasteiger partial charge on any atom is 0.240 e. The van der Waals surface area contributed by atoms with E-state index >= 15 is 0 Å². The highest BCUT2D eigenvalue weighted by Gasteiger charge is 2.21. The molecule has 0 radical (unpaired) electrons. The number of hydrogen-bond acceptors (Lipinski definition) is 3. The van der Waals surface area contributed by atoms with Gasteiger partial charge >= 0.3 is 0 Å². The van der Waals surface area contributed by atoms with Crippen LogP contribution in [0.3, 0.4) is 0 Å². The summed E-state index contributed by atoms with van der Waals surface area (Å²) in [6.45, 7) is 0. The van der Waals surface area contributed by atoms with Crippen molar-refractivity contribution in [3.8, 4) is 0 Å². The van der Waals surface area contributed by atoms with Crippen LogP contribution in [0.15, 0.2) is 47.4 Å². The number of amides is 1. The summed E-state index contributed by atoms with van der Waals surface area (Å²) in [7, 11) is -3.51. The molecule has 0 saturated heterocycles. The zero-order valence-electron chi connectivity index (χ0n) is 16.0. The van der Waals surface area contributed by atoms with Gasteiger partial charge in [-0.3, -0.25) is 4.79 Å². The van der Waals surface area contributed by atoms with Gasteiger partial charge in [-0.1, -0.05) is 54.6 Å². The van der Waals surface area contributed by atoms with Crippen molar-refractivity contribution in [2.75, 3.05) is 5.32 Å². The number of carbonyl (C=O) groups is 1. The minimum absolute atomic E-state index is 0.0264. The third kappa shape index (κ3) is 6.44. The first kappa shape index (κ1) is 22.1. The Morgan fingerprint density at radius 3 is 2.31 bits per heavy atom. The van der Waals surface area contributed by atoms with Crippen LogP contribution in [0.2, 0.25) is 10.0 Å². The van der Waals surface area contributed by atoms with Crippen LogP contribution in [0.1, 0.15) is 44.1 Å². The van der Waals surface area contributed by atoms with Crippen LogP contribution in [-0.2, 0) is 21.2 Å². The standard InChI is InChI=1S/C21H24Cl2N2O3S/c22-19-12-9-17(14-20(19)23)24-21(26)13-8-15-6-10-18(11-7-15)29(27,28)25-16-4-2-1-3-5-16/h6-7,9-12,14,16,25H,1-5,8,13H2,(H,24,26). The summed E-state index contributed by atoms with van der Waals surface area (Å²) in [6.07, 6.45) is 5.87. The van der Waals surface area contributed by atoms with E-state index in [4.69, 9.17) is 23.2 Å². The number of sulfonamides is 1. The molecule has 156 valence electrons. The van der Waals surface area contributed by atoms with Gasteiger partial charge in [-0.2, -0.15) is 0 Å². The van der Waals surface area contributed by atoms with Gasteiger partial charge in [-0.15, -0.1) is 0 Å². The topological polar surface area (TPSA) is 75.3 Å². The number of aryl methyl sites for hydroxylation is 1. The number of anilines is 1. The highest BCUT2D eigenvalue weighted by molar-refractivity contribution is 7.89. The first-order valence-corrected chi connectivity index (χ1v) is 11.9. The molecule has 0 atom stereocenters. The van der Waals surface area contributed by atoms with Crippen LogP contribution in [0, 0.1) is 0 Å². The van der Waals surface area contributed by atoms with Crippen LogP contribution in [0.5, 0.6) is 0 Å². The summed E-state index contributed by atoms with van der Waals surface area (Å²) in [6, 6.07) is 11.6. The van der Waals surface area contributed by atoms with Crippen LogP contribution in [0.25, 0.3) is 0 Å². The van der Waals surface area contributed by atoms with Gasteiger partial charge in [0.2, 0.25) is 15.9 Å². The third-order valence-electron chi connectivity index (χ3n) is 5.00. The fourth-order valence-electron chi connectivity index (χ4n) is 3.40. The zero-order chi connectivity index (χ0) is 20.9. The molecule has 0 heterocycles. The Morgan fingerprint density at radius 2 is 1.66 bits per heavy atom. The Morgan fingerprint density at radius 1 is 0.966 bits per heavy atom. The molecule has 8 heteroatoms. The van der Waals surface area contributed by atoms with Gasteiger partial charge in [0, 0.05) is 18.2 Å². The molecule has 1 amide bonds. The van der Waals surface area contributed by atoms with Crippen molar-refractivity contribution in [2.24, 2.45) is 0 Å². The Hall–Kier alpha value is -1.60. The number of benzene rings is 2. The number of hydrogen-bond donors (Lipinski definition) is 2. The third-order valence-corrected chi connectivity index (χ3v) is 7.28. The highest BCUT2D eigenvalue weighted by atomic mass is 35.5. The molecule has 0 bridgehead atoms. The molecule has 0 aromatic heterocycles. The smallest absolute Gasteiger partial charge is 0.240 e. The lowest BCUT2D eigenvalue weighted by Gasteiger charge is -2.22. The van der Waals surface area contributed by atoms with E-state index in [1.54, 1.807) is 42.5 Å². The van der Waals surface area contributed by atoms with Crippen molar-refractivity contribution < 1.29 is 13.2 Å². The average Bonchev–Trinajstić information content (AvgIpc) is 2.70. The van der Waals surface area contributed by atoms with E-state index in [0.717, 1.165) is 31.2 Å². The van der Waals surface area contributed by atoms with E-state index in [9.17, 15) is 13.2 Å². The molecule has 2 N–H and O–H groups in total. The molecule has 0 unspecified atom stereocenters. The first-order chi connectivity index (χ1) is 13.8. The van der Waals surface area contributed by atoms with E-state index in [1.165, 1.54) is 6.42 Å². The molecule has 3 rings (SSSR count). The van der Waals surface area contributed by atoms with Gasteiger partial charge < -0.3 is 5.32 Å². The molecule has 5 nitrogen and oxygen atoms in total. The maximum absolute atomic E-state index is 12.5. The van der Waals surface area contributed by atoms with E-state index in [-0.39, 0.29) is 23.3 Å². The second-order valence-electron chi connectivity index (χ2n) is 7.28. The molecule has 1 aliphatic rings. The second kappa shape index (κ2) is 9.94. The van der Waals surface area contributed by atoms with Crippen molar-refractivity contribution in [1.82, 2.24) is 4.72 Å². The second-order valence-corrected chi connectivity index (χ2v) is 9.81. The lowest BCUT2D eigenvalue weighted by molar-refractivity contribution is -0.116. The van der Waals surface area contributed by atoms with Gasteiger partial charge in [-0.05, 0) is 55.2 Å². The van der Waals surface area contributed by atoms with Gasteiger partial charge in [0.15, 0.2) is 0 Å². The molecule has 0 spiro atoms. The lowest BCUT2D eigenvalue weighted by Crippen LogP contribution is -2.36. The van der Waals surface area contributed by atoms with Crippen LogP contribution < -0.4 is 10.0 Å². The summed E-state index contributed by atoms with van der Waals surface area (Å²) in [5, 5.41) is 3.58. The Bertz CT molecular complexity index is 956. The summed E-state index contributed by atoms with van der Waals surface area (Å²) >= 11 is 11.8. The molecule has 1 saturated carbocycles. The Labute approximate surface area is 181 Å². The van der Waals surface area contributed by atoms with E-state index in [0.29, 0.717) is 22.2 Å². The molecule has 0 aliphatic heterocycles. The van der Waals surface area contributed by atoms with Gasteiger partial charge in [0.25, 0.3) is 0 Å². The zero-order valence-corrected chi connectivity index (χ0v) is 18.3. The molecule has 1 aliphatic carbocycles. The average molecular weight is 455 g/mol. The molecular formula is C21H24Cl2N2O3S. The molecular weight excluding hydrogens is 431 g/mol.